The van der Waals surface area contributed by atoms with Crippen LogP contribution in [0.25, 0.3) is 0 Å². The van der Waals surface area contributed by atoms with Crippen LogP contribution in [0.2, 0.25) is 0 Å². The predicted molar refractivity (Wildman–Crippen MR) is 77.3 cm³/mol. The van der Waals surface area contributed by atoms with Crippen molar-refractivity contribution in [2.75, 3.05) is 13.2 Å². The van der Waals surface area contributed by atoms with Crippen molar-refractivity contribution in [3.05, 3.63) is 48.3 Å². The van der Waals surface area contributed by atoms with E-state index in [9.17, 15) is 4.39 Å². The molecule has 0 unspecified atom stereocenters. The van der Waals surface area contributed by atoms with Gasteiger partial charge in [0.25, 0.3) is 0 Å². The number of aryl methyl sites for hydroxylation is 1. The number of ether oxygens (including phenoxy) is 1. The molecule has 1 N–H and O–H groups in total. The van der Waals surface area contributed by atoms with Crippen LogP contribution in [0, 0.1) is 17.7 Å². The summed E-state index contributed by atoms with van der Waals surface area (Å²) in [5.41, 5.74) is 0.506. The number of aromatic nitrogens is 2. The van der Waals surface area contributed by atoms with E-state index in [1.165, 1.54) is 12.1 Å². The number of aliphatic hydroxyl groups excluding tert-OH is 1. The Balaban J connectivity index is 1.91. The number of nitrogens with zero attached hydrogens (tertiary/aromatic N) is 2. The molecular weight excluding hydrogens is 271 g/mol. The molecule has 0 spiro atoms. The van der Waals surface area contributed by atoms with Crippen LogP contribution in [0.4, 0.5) is 4.39 Å². The van der Waals surface area contributed by atoms with Crippen LogP contribution in [0.5, 0.6) is 5.75 Å². The van der Waals surface area contributed by atoms with Crippen LogP contribution >= 0.6 is 0 Å². The molecular formula is C16H17FN2O2. The average Bonchev–Trinajstić information content (AvgIpc) is 2.99. The Kier molecular flexibility index (Phi) is 5.80. The Bertz CT molecular complexity index is 615. The zero-order valence-corrected chi connectivity index (χ0v) is 11.6. The van der Waals surface area contributed by atoms with E-state index in [1.807, 2.05) is 10.8 Å². The van der Waals surface area contributed by atoms with E-state index < -0.39 is 0 Å². The SMILES string of the molecule is OCCC#Cc1cc(F)ccc1OCCCn1ccnc1. The lowest BCUT2D eigenvalue weighted by Gasteiger charge is -2.08. The standard InChI is InChI=1S/C16H17FN2O2/c17-15-5-6-16(14(12-15)4-1-2-10-20)21-11-3-8-19-9-7-18-13-19/h5-7,9,12-13,20H,2-3,8,10-11H2. The van der Waals surface area contributed by atoms with E-state index in [0.29, 0.717) is 24.3 Å². The van der Waals surface area contributed by atoms with E-state index in [-0.39, 0.29) is 12.4 Å². The molecule has 5 heteroatoms. The molecule has 0 radical (unpaired) electrons. The first-order valence-corrected chi connectivity index (χ1v) is 6.77. The van der Waals surface area contributed by atoms with Crippen molar-refractivity contribution < 1.29 is 14.2 Å². The molecule has 0 amide bonds. The van der Waals surface area contributed by atoms with Crippen molar-refractivity contribution in [1.82, 2.24) is 9.55 Å². The molecule has 0 fully saturated rings. The molecule has 2 aromatic rings. The first-order valence-electron chi connectivity index (χ1n) is 6.77. The van der Waals surface area contributed by atoms with Gasteiger partial charge in [0, 0.05) is 25.4 Å². The molecule has 4 nitrogen and oxygen atoms in total. The van der Waals surface area contributed by atoms with Crippen LogP contribution in [0.3, 0.4) is 0 Å². The largest absolute Gasteiger partial charge is 0.492 e. The summed E-state index contributed by atoms with van der Waals surface area (Å²) in [6.45, 7) is 1.31. The Morgan fingerprint density at radius 2 is 2.29 bits per heavy atom. The second-order valence-corrected chi connectivity index (χ2v) is 4.42. The molecule has 0 aliphatic heterocycles. The Labute approximate surface area is 123 Å². The molecule has 2 rings (SSSR count). The molecule has 110 valence electrons. The zero-order chi connectivity index (χ0) is 14.9. The van der Waals surface area contributed by atoms with Gasteiger partial charge in [0.1, 0.15) is 11.6 Å². The average molecular weight is 288 g/mol. The van der Waals surface area contributed by atoms with Crippen LogP contribution < -0.4 is 4.74 Å². The summed E-state index contributed by atoms with van der Waals surface area (Å²) in [6, 6.07) is 4.27. The number of aliphatic hydroxyl groups is 1. The molecule has 1 aromatic carbocycles. The Morgan fingerprint density at radius 3 is 3.05 bits per heavy atom. The van der Waals surface area contributed by atoms with Gasteiger partial charge in [-0.25, -0.2) is 9.37 Å². The molecule has 0 saturated carbocycles. The van der Waals surface area contributed by atoms with Crippen LogP contribution in [0.1, 0.15) is 18.4 Å². The van der Waals surface area contributed by atoms with Gasteiger partial charge in [-0.05, 0) is 24.6 Å². The summed E-state index contributed by atoms with van der Waals surface area (Å²) in [5, 5.41) is 8.72. The molecule has 21 heavy (non-hydrogen) atoms. The maximum absolute atomic E-state index is 13.2. The molecule has 0 aliphatic carbocycles. The minimum Gasteiger partial charge on any atom is -0.492 e. The van der Waals surface area contributed by atoms with Gasteiger partial charge >= 0.3 is 0 Å². The summed E-state index contributed by atoms with van der Waals surface area (Å²) in [7, 11) is 0. The van der Waals surface area contributed by atoms with Crippen molar-refractivity contribution >= 4 is 0 Å². The highest BCUT2D eigenvalue weighted by atomic mass is 19.1. The van der Waals surface area contributed by atoms with Crippen molar-refractivity contribution in [2.45, 2.75) is 19.4 Å². The number of benzene rings is 1. The number of hydrogen-bond donors (Lipinski definition) is 1. The van der Waals surface area contributed by atoms with Crippen LogP contribution in [-0.2, 0) is 6.54 Å². The highest BCUT2D eigenvalue weighted by Gasteiger charge is 2.03. The lowest BCUT2D eigenvalue weighted by molar-refractivity contribution is 0.300. The van der Waals surface area contributed by atoms with Gasteiger partial charge in [-0.15, -0.1) is 0 Å². The molecule has 0 atom stereocenters. The summed E-state index contributed by atoms with van der Waals surface area (Å²) >= 11 is 0. The lowest BCUT2D eigenvalue weighted by atomic mass is 10.2. The molecule has 1 aromatic heterocycles. The van der Waals surface area contributed by atoms with Crippen molar-refractivity contribution in [3.63, 3.8) is 0 Å². The Morgan fingerprint density at radius 1 is 1.38 bits per heavy atom. The molecule has 1 heterocycles. The minimum absolute atomic E-state index is 0.0105. The number of rotatable bonds is 6. The summed E-state index contributed by atoms with van der Waals surface area (Å²) < 4.78 is 20.9. The third kappa shape index (κ3) is 4.93. The van der Waals surface area contributed by atoms with Gasteiger partial charge in [0.05, 0.1) is 25.1 Å². The van der Waals surface area contributed by atoms with Crippen molar-refractivity contribution in [3.8, 4) is 17.6 Å². The van der Waals surface area contributed by atoms with E-state index in [4.69, 9.17) is 9.84 Å². The molecule has 0 aliphatic rings. The molecule has 0 saturated heterocycles. The maximum Gasteiger partial charge on any atom is 0.135 e. The second-order valence-electron chi connectivity index (χ2n) is 4.42. The van der Waals surface area contributed by atoms with Crippen LogP contribution in [0.15, 0.2) is 36.9 Å². The van der Waals surface area contributed by atoms with E-state index in [2.05, 4.69) is 16.8 Å². The molecule has 0 bridgehead atoms. The first kappa shape index (κ1) is 15.1. The van der Waals surface area contributed by atoms with Gasteiger partial charge in [-0.3, -0.25) is 0 Å². The maximum atomic E-state index is 13.2. The summed E-state index contributed by atoms with van der Waals surface area (Å²) in [5.74, 6) is 5.80. The van der Waals surface area contributed by atoms with Crippen LogP contribution in [-0.4, -0.2) is 27.9 Å². The normalized spacial score (nSPS) is 10.0. The zero-order valence-electron chi connectivity index (χ0n) is 11.6. The van der Waals surface area contributed by atoms with E-state index >= 15 is 0 Å². The smallest absolute Gasteiger partial charge is 0.135 e. The van der Waals surface area contributed by atoms with Gasteiger partial charge in [-0.2, -0.15) is 0 Å². The first-order chi connectivity index (χ1) is 10.3. The van der Waals surface area contributed by atoms with Crippen molar-refractivity contribution in [2.24, 2.45) is 0 Å². The van der Waals surface area contributed by atoms with Gasteiger partial charge in [0.15, 0.2) is 0 Å². The quantitative estimate of drug-likeness (QED) is 0.655. The highest BCUT2D eigenvalue weighted by Crippen LogP contribution is 2.19. The monoisotopic (exact) mass is 288 g/mol. The fraction of sp³-hybridized carbons (Fsp3) is 0.312. The predicted octanol–water partition coefficient (Wildman–Crippen LogP) is 2.23. The van der Waals surface area contributed by atoms with E-state index in [1.54, 1.807) is 18.6 Å². The van der Waals surface area contributed by atoms with Gasteiger partial charge in [0.2, 0.25) is 0 Å². The fourth-order valence-corrected chi connectivity index (χ4v) is 1.79. The van der Waals surface area contributed by atoms with Gasteiger partial charge < -0.3 is 14.4 Å². The number of hydrogen-bond acceptors (Lipinski definition) is 3. The lowest BCUT2D eigenvalue weighted by Crippen LogP contribution is -2.04. The van der Waals surface area contributed by atoms with Gasteiger partial charge in [-0.1, -0.05) is 11.8 Å². The van der Waals surface area contributed by atoms with Crippen molar-refractivity contribution in [1.29, 1.82) is 0 Å². The fourth-order valence-electron chi connectivity index (χ4n) is 1.79. The highest BCUT2D eigenvalue weighted by molar-refractivity contribution is 5.46. The van der Waals surface area contributed by atoms with E-state index in [0.717, 1.165) is 13.0 Å². The summed E-state index contributed by atoms with van der Waals surface area (Å²) in [6.07, 6.45) is 6.55. The number of imidazole rings is 1. The Hall–Kier alpha value is -2.32. The summed E-state index contributed by atoms with van der Waals surface area (Å²) in [4.78, 5) is 3.97. The topological polar surface area (TPSA) is 47.3 Å². The minimum atomic E-state index is -0.353. The third-order valence-electron chi connectivity index (χ3n) is 2.78. The number of halogens is 1. The third-order valence-corrected chi connectivity index (χ3v) is 2.78. The second kappa shape index (κ2) is 8.08.